The van der Waals surface area contributed by atoms with Crippen molar-refractivity contribution in [1.82, 2.24) is 10.6 Å². The van der Waals surface area contributed by atoms with Crippen molar-refractivity contribution in [1.29, 1.82) is 0 Å². The van der Waals surface area contributed by atoms with E-state index >= 15 is 0 Å². The maximum Gasteiger partial charge on any atom is 0.408 e. The zero-order valence-corrected chi connectivity index (χ0v) is 26.8. The number of carbonyl (C=O) groups is 2. The van der Waals surface area contributed by atoms with Gasteiger partial charge in [0.25, 0.3) is 0 Å². The zero-order chi connectivity index (χ0) is 34.2. The Balaban J connectivity index is 1.72. The minimum atomic E-state index is -4.31. The fraction of sp³-hybridized carbons (Fsp3) is 0.412. The Morgan fingerprint density at radius 1 is 0.915 bits per heavy atom. The monoisotopic (exact) mass is 681 g/mol. The molecule has 47 heavy (non-hydrogen) atoms. The molecule has 0 unspecified atom stereocenters. The van der Waals surface area contributed by atoms with E-state index in [0.29, 0.717) is 12.1 Å². The van der Waals surface area contributed by atoms with Crippen molar-refractivity contribution in [2.75, 3.05) is 18.1 Å². The second-order valence-corrected chi connectivity index (χ2v) is 12.1. The molecule has 1 amide bonds. The van der Waals surface area contributed by atoms with Crippen molar-refractivity contribution in [2.24, 2.45) is 5.73 Å². The molecule has 0 heterocycles. The molecule has 3 atom stereocenters. The van der Waals surface area contributed by atoms with Crippen molar-refractivity contribution in [3.8, 4) is 0 Å². The summed E-state index contributed by atoms with van der Waals surface area (Å²) in [6.45, 7) is 2.43. The van der Waals surface area contributed by atoms with Crippen LogP contribution in [0, 0.1) is 11.6 Å². The number of nitrogens with two attached hydrogens (primary N) is 1. The fourth-order valence-corrected chi connectivity index (χ4v) is 5.58. The second kappa shape index (κ2) is 19.2. The Kier molecular flexibility index (Phi) is 15.4. The molecule has 0 aliphatic rings. The molecular formula is C34H40F5N3O4S. The quantitative estimate of drug-likeness (QED) is 0.0804. The molecule has 0 aliphatic heterocycles. The summed E-state index contributed by atoms with van der Waals surface area (Å²) in [5, 5.41) is 5.67. The van der Waals surface area contributed by atoms with Crippen LogP contribution in [0.1, 0.15) is 42.0 Å². The number of amides is 1. The van der Waals surface area contributed by atoms with Gasteiger partial charge in [-0.25, -0.2) is 18.4 Å². The highest BCUT2D eigenvalue weighted by molar-refractivity contribution is 7.99. The summed E-state index contributed by atoms with van der Waals surface area (Å²) in [5.41, 5.74) is 9.51. The van der Waals surface area contributed by atoms with Gasteiger partial charge < -0.3 is 25.8 Å². The Morgan fingerprint density at radius 2 is 1.60 bits per heavy atom. The number of thioether (sulfide) groups is 1. The lowest BCUT2D eigenvalue weighted by atomic mass is 10.0. The molecule has 0 bridgehead atoms. The topological polar surface area (TPSA) is 103 Å². The molecule has 3 aromatic rings. The maximum absolute atomic E-state index is 13.9. The van der Waals surface area contributed by atoms with Crippen molar-refractivity contribution in [3.63, 3.8) is 0 Å². The molecule has 7 nitrogen and oxygen atoms in total. The van der Waals surface area contributed by atoms with Crippen LogP contribution in [0.5, 0.6) is 0 Å². The summed E-state index contributed by atoms with van der Waals surface area (Å²) >= 11 is 1.05. The van der Waals surface area contributed by atoms with Crippen molar-refractivity contribution in [2.45, 2.75) is 70.1 Å². The van der Waals surface area contributed by atoms with E-state index in [-0.39, 0.29) is 43.1 Å². The summed E-state index contributed by atoms with van der Waals surface area (Å²) in [7, 11) is 0. The zero-order valence-electron chi connectivity index (χ0n) is 26.0. The smallest absolute Gasteiger partial charge is 0.408 e. The molecule has 0 fully saturated rings. The van der Waals surface area contributed by atoms with Crippen molar-refractivity contribution in [3.05, 3.63) is 107 Å². The minimum absolute atomic E-state index is 0.0387. The van der Waals surface area contributed by atoms with E-state index in [4.69, 9.17) is 15.2 Å². The van der Waals surface area contributed by atoms with Gasteiger partial charge in [-0.3, -0.25) is 0 Å². The average molecular weight is 682 g/mol. The van der Waals surface area contributed by atoms with Gasteiger partial charge in [-0.2, -0.15) is 24.9 Å². The summed E-state index contributed by atoms with van der Waals surface area (Å²) in [6, 6.07) is 17.5. The number of alkyl halides is 3. The molecule has 0 aromatic heterocycles. The Labute approximate surface area is 275 Å². The van der Waals surface area contributed by atoms with Gasteiger partial charge in [0.2, 0.25) is 0 Å². The first-order valence-electron chi connectivity index (χ1n) is 15.2. The van der Waals surface area contributed by atoms with E-state index < -0.39 is 54.5 Å². The number of hydrogen-bond acceptors (Lipinski definition) is 7. The minimum Gasteiger partial charge on any atom is -0.458 e. The molecular weight excluding hydrogens is 641 g/mol. The molecule has 0 radical (unpaired) electrons. The molecule has 3 aromatic carbocycles. The standard InChI is InChI=1S/C34H40F5N3O4S/c1-2-23-10-6-11-25(14-23)19-41-20-31(29(40)17-26-15-27(35)18-28(36)16-26)46-32(43)30(22-47-13-7-12-34(37,38)39)42-33(44)45-21-24-8-4-3-5-9-24/h3-6,8-11,14-16,18,29-31,41H,2,7,12-13,17,19-22,40H2,1H3,(H,42,44)/t29-,30+,31+/m0/s1. The second-order valence-electron chi connectivity index (χ2n) is 11.0. The van der Waals surface area contributed by atoms with Crippen LogP contribution in [0.15, 0.2) is 72.8 Å². The number of nitrogens with one attached hydrogen (secondary N) is 2. The van der Waals surface area contributed by atoms with Crippen LogP contribution < -0.4 is 16.4 Å². The predicted molar refractivity (Wildman–Crippen MR) is 172 cm³/mol. The molecule has 0 saturated heterocycles. The number of alkyl carbamates (subject to hydrolysis) is 1. The van der Waals surface area contributed by atoms with Crippen molar-refractivity contribution < 1.29 is 41.0 Å². The molecule has 0 spiro atoms. The normalized spacial score (nSPS) is 13.4. The highest BCUT2D eigenvalue weighted by atomic mass is 32.2. The predicted octanol–water partition coefficient (Wildman–Crippen LogP) is 6.47. The Bertz CT molecular complexity index is 1390. The Morgan fingerprint density at radius 3 is 2.28 bits per heavy atom. The molecule has 0 saturated carbocycles. The van der Waals surface area contributed by atoms with Crippen LogP contribution in [0.4, 0.5) is 26.7 Å². The van der Waals surface area contributed by atoms with Gasteiger partial charge in [0.15, 0.2) is 0 Å². The van der Waals surface area contributed by atoms with Crippen LogP contribution >= 0.6 is 11.8 Å². The molecule has 4 N–H and O–H groups in total. The Hall–Kier alpha value is -3.68. The molecule has 256 valence electrons. The summed E-state index contributed by atoms with van der Waals surface area (Å²) in [5.74, 6) is -2.46. The third-order valence-corrected chi connectivity index (χ3v) is 8.18. The fourth-order valence-electron chi connectivity index (χ4n) is 4.61. The van der Waals surface area contributed by atoms with Crippen LogP contribution in [0.3, 0.4) is 0 Å². The molecule has 3 rings (SSSR count). The van der Waals surface area contributed by atoms with E-state index in [1.807, 2.05) is 31.2 Å². The first-order valence-corrected chi connectivity index (χ1v) is 16.4. The third kappa shape index (κ3) is 14.7. The van der Waals surface area contributed by atoms with Crippen LogP contribution in [-0.2, 0) is 40.3 Å². The lowest BCUT2D eigenvalue weighted by molar-refractivity contribution is -0.151. The van der Waals surface area contributed by atoms with Crippen LogP contribution in [0.2, 0.25) is 0 Å². The number of halogens is 5. The SMILES string of the molecule is CCc1cccc(CNC[C@@H](OC(=O)[C@@H](CSCCCC(F)(F)F)NC(=O)OCc2ccccc2)[C@@H](N)Cc2cc(F)cc(F)c2)c1. The van der Waals surface area contributed by atoms with E-state index in [1.54, 1.807) is 30.3 Å². The van der Waals surface area contributed by atoms with Gasteiger partial charge in [-0.15, -0.1) is 0 Å². The van der Waals surface area contributed by atoms with Gasteiger partial charge in [0, 0.05) is 37.4 Å². The first-order chi connectivity index (χ1) is 22.4. The summed E-state index contributed by atoms with van der Waals surface area (Å²) in [4.78, 5) is 26.1. The van der Waals surface area contributed by atoms with Crippen molar-refractivity contribution >= 4 is 23.8 Å². The number of hydrogen-bond donors (Lipinski definition) is 3. The summed E-state index contributed by atoms with van der Waals surface area (Å²) in [6.07, 6.45) is -6.58. The van der Waals surface area contributed by atoms with E-state index in [0.717, 1.165) is 47.5 Å². The van der Waals surface area contributed by atoms with Gasteiger partial charge in [-0.1, -0.05) is 61.5 Å². The number of rotatable bonds is 18. The van der Waals surface area contributed by atoms with E-state index in [2.05, 4.69) is 10.6 Å². The molecule has 13 heteroatoms. The van der Waals surface area contributed by atoms with E-state index in [1.165, 1.54) is 0 Å². The van der Waals surface area contributed by atoms with Gasteiger partial charge in [-0.05, 0) is 59.4 Å². The highest BCUT2D eigenvalue weighted by Gasteiger charge is 2.30. The third-order valence-electron chi connectivity index (χ3n) is 7.04. The first kappa shape index (κ1) is 37.8. The number of esters is 1. The van der Waals surface area contributed by atoms with Gasteiger partial charge in [0.05, 0.1) is 0 Å². The number of benzene rings is 3. The lowest BCUT2D eigenvalue weighted by Crippen LogP contribution is -2.50. The average Bonchev–Trinajstić information content (AvgIpc) is 3.02. The summed E-state index contributed by atoms with van der Waals surface area (Å²) < 4.78 is 76.7. The maximum atomic E-state index is 13.9. The number of carbonyl (C=O) groups excluding carboxylic acids is 2. The van der Waals surface area contributed by atoms with Crippen LogP contribution in [-0.4, -0.2) is 54.5 Å². The number of ether oxygens (including phenoxy) is 2. The van der Waals surface area contributed by atoms with E-state index in [9.17, 15) is 31.5 Å². The molecule has 0 aliphatic carbocycles. The highest BCUT2D eigenvalue weighted by Crippen LogP contribution is 2.23. The number of aryl methyl sites for hydroxylation is 1. The lowest BCUT2D eigenvalue weighted by Gasteiger charge is -2.27. The van der Waals surface area contributed by atoms with Crippen LogP contribution in [0.25, 0.3) is 0 Å². The largest absolute Gasteiger partial charge is 0.458 e. The van der Waals surface area contributed by atoms with Gasteiger partial charge in [0.1, 0.15) is 30.4 Å². The van der Waals surface area contributed by atoms with Gasteiger partial charge >= 0.3 is 18.2 Å².